The minimum atomic E-state index is -0.986. The van der Waals surface area contributed by atoms with Gasteiger partial charge in [-0.1, -0.05) is 60.5 Å². The Kier molecular flexibility index (Phi) is 30.0. The van der Waals surface area contributed by atoms with E-state index in [4.69, 9.17) is 35.1 Å². The molecule has 1 aromatic rings. The summed E-state index contributed by atoms with van der Waals surface area (Å²) >= 11 is 0. The Hall–Kier alpha value is -3.85. The van der Waals surface area contributed by atoms with Gasteiger partial charge in [-0.25, -0.2) is 4.79 Å². The first-order valence-corrected chi connectivity index (χ1v) is 19.7. The molecule has 0 aromatic heterocycles. The molecular weight excluding hydrogens is 739 g/mol. The zero-order valence-electron chi connectivity index (χ0n) is 35.4. The van der Waals surface area contributed by atoms with Crippen LogP contribution in [0.3, 0.4) is 0 Å². The molecular formula is C38H71BN8O10. The van der Waals surface area contributed by atoms with Crippen LogP contribution in [0.1, 0.15) is 66.4 Å². The van der Waals surface area contributed by atoms with Crippen molar-refractivity contribution in [1.29, 1.82) is 0 Å². The summed E-state index contributed by atoms with van der Waals surface area (Å²) in [5.74, 6) is -2.25. The van der Waals surface area contributed by atoms with Crippen molar-refractivity contribution in [2.75, 3.05) is 78.3 Å². The molecule has 326 valence electrons. The van der Waals surface area contributed by atoms with E-state index in [9.17, 15) is 24.0 Å². The van der Waals surface area contributed by atoms with E-state index in [1.54, 1.807) is 52.0 Å². The monoisotopic (exact) mass is 811 g/mol. The molecule has 0 aliphatic heterocycles. The molecule has 5 amide bonds. The number of esters is 1. The van der Waals surface area contributed by atoms with Gasteiger partial charge in [-0.2, -0.15) is 0 Å². The lowest BCUT2D eigenvalue weighted by Gasteiger charge is -2.28. The lowest BCUT2D eigenvalue weighted by atomic mass is 9.78. The number of benzene rings is 1. The second kappa shape index (κ2) is 32.1. The van der Waals surface area contributed by atoms with E-state index in [1.165, 1.54) is 7.05 Å². The summed E-state index contributed by atoms with van der Waals surface area (Å²) in [7, 11) is 1.50. The first-order chi connectivity index (χ1) is 27.1. The summed E-state index contributed by atoms with van der Waals surface area (Å²) in [6.07, 6.45) is 0.549. The van der Waals surface area contributed by atoms with Crippen LogP contribution in [0.5, 0.6) is 0 Å². The zero-order chi connectivity index (χ0) is 43.2. The van der Waals surface area contributed by atoms with Crippen molar-refractivity contribution in [3.05, 3.63) is 29.8 Å². The van der Waals surface area contributed by atoms with Gasteiger partial charge >= 0.3 is 19.0 Å². The van der Waals surface area contributed by atoms with E-state index < -0.39 is 29.9 Å². The third kappa shape index (κ3) is 25.9. The molecule has 0 radical (unpaired) electrons. The Bertz CT molecular complexity index is 1270. The number of carbonyl (C=O) groups excluding carboxylic acids is 5. The van der Waals surface area contributed by atoms with Crippen molar-refractivity contribution in [1.82, 2.24) is 20.8 Å². The van der Waals surface area contributed by atoms with Crippen LogP contribution in [0.15, 0.2) is 24.3 Å². The molecule has 1 aromatic carbocycles. The maximum Gasteiger partial charge on any atom is 0.312 e. The number of anilines is 1. The van der Waals surface area contributed by atoms with Crippen molar-refractivity contribution >= 4 is 42.4 Å². The first kappa shape index (κ1) is 53.2. The van der Waals surface area contributed by atoms with Crippen molar-refractivity contribution in [3.63, 3.8) is 0 Å². The average Bonchev–Trinajstić information content (AvgIpc) is 3.16. The molecule has 0 fully saturated rings. The Morgan fingerprint density at radius 1 is 0.772 bits per heavy atom. The van der Waals surface area contributed by atoms with Crippen molar-refractivity contribution < 1.29 is 47.7 Å². The third-order valence-electron chi connectivity index (χ3n) is 8.21. The van der Waals surface area contributed by atoms with Crippen molar-refractivity contribution in [2.45, 2.75) is 92.4 Å². The van der Waals surface area contributed by atoms with Gasteiger partial charge in [0.05, 0.1) is 58.8 Å². The van der Waals surface area contributed by atoms with Gasteiger partial charge in [-0.05, 0) is 49.5 Å². The van der Waals surface area contributed by atoms with E-state index in [0.717, 1.165) is 12.1 Å². The number of nitrogens with two attached hydrogens (primary N) is 3. The fourth-order valence-corrected chi connectivity index (χ4v) is 5.09. The number of nitrogens with zero attached hydrogens (tertiary/aromatic N) is 1. The highest BCUT2D eigenvalue weighted by Crippen LogP contribution is 2.13. The van der Waals surface area contributed by atoms with Crippen LogP contribution in [0, 0.1) is 11.8 Å². The fraction of sp³-hybridized carbons (Fsp3) is 0.711. The van der Waals surface area contributed by atoms with Crippen LogP contribution in [0.25, 0.3) is 0 Å². The normalized spacial score (nSPS) is 12.1. The van der Waals surface area contributed by atoms with Crippen molar-refractivity contribution in [3.8, 4) is 0 Å². The fourth-order valence-electron chi connectivity index (χ4n) is 5.09. The minimum Gasteiger partial charge on any atom is -0.461 e. The lowest BCUT2D eigenvalue weighted by Crippen LogP contribution is -2.54. The summed E-state index contributed by atoms with van der Waals surface area (Å²) in [6, 6.07) is 4.51. The Labute approximate surface area is 339 Å². The van der Waals surface area contributed by atoms with Crippen LogP contribution in [0.4, 0.5) is 10.5 Å². The number of primary amides is 1. The van der Waals surface area contributed by atoms with Crippen LogP contribution in [-0.4, -0.2) is 133 Å². The molecule has 57 heavy (non-hydrogen) atoms. The molecule has 10 N–H and O–H groups in total. The predicted molar refractivity (Wildman–Crippen MR) is 221 cm³/mol. The molecule has 0 spiro atoms. The van der Waals surface area contributed by atoms with E-state index >= 15 is 0 Å². The second-order valence-corrected chi connectivity index (χ2v) is 14.0. The number of ether oxygens (including phenoxy) is 5. The molecule has 0 aliphatic carbocycles. The Balaban J connectivity index is 0.0000154. The molecule has 0 saturated heterocycles. The predicted octanol–water partition coefficient (Wildman–Crippen LogP) is 1.22. The molecule has 1 rings (SSSR count). The minimum absolute atomic E-state index is 0.0219. The molecule has 0 bridgehead atoms. The largest absolute Gasteiger partial charge is 0.461 e. The number of amides is 5. The van der Waals surface area contributed by atoms with Gasteiger partial charge in [0.2, 0.25) is 17.7 Å². The van der Waals surface area contributed by atoms with Gasteiger partial charge in [0, 0.05) is 25.2 Å². The standard InChI is InChI=1S/C37H66BN7O10.CH5N/c1-26(2)33(44-32(46)14-17-51-19-21-53-23-24-54-22-20-52-18-16-45(28(5)6)38(7)40)35(48)43-31(9-8-15-41-37(39)50)34(47)42-30-12-10-29(11-13-30)25-55-36(49)27(3)4;1-2/h10-13,26-28,31,33H,8-9,14-25,40H2,1-7H3,(H,42,47)(H,43,48)(H,44,46)(H3,39,41,50);2H2,1H3. The summed E-state index contributed by atoms with van der Waals surface area (Å²) in [4.78, 5) is 64.5. The SMILES string of the molecule is CB(N)N(CCOCCOCCOCCOCCC(=O)NC(C(=O)NC(CCCNC(N)=O)C(=O)Nc1ccc(COC(=O)C(C)C)cc1)C(C)C)C(C)C.CN. The summed E-state index contributed by atoms with van der Waals surface area (Å²) in [5.41, 5.74) is 16.8. The first-order valence-electron chi connectivity index (χ1n) is 19.7. The van der Waals surface area contributed by atoms with Crippen molar-refractivity contribution in [2.24, 2.45) is 28.9 Å². The van der Waals surface area contributed by atoms with E-state index in [0.29, 0.717) is 57.8 Å². The highest BCUT2D eigenvalue weighted by Gasteiger charge is 2.29. The van der Waals surface area contributed by atoms with E-state index in [2.05, 4.69) is 45.7 Å². The third-order valence-corrected chi connectivity index (χ3v) is 8.21. The van der Waals surface area contributed by atoms with Gasteiger partial charge in [-0.3, -0.25) is 19.2 Å². The second-order valence-electron chi connectivity index (χ2n) is 14.0. The van der Waals surface area contributed by atoms with E-state index in [1.807, 2.05) is 6.82 Å². The molecule has 2 atom stereocenters. The molecule has 0 aliphatic rings. The number of rotatable bonds is 30. The van der Waals surface area contributed by atoms with Gasteiger partial charge in [0.25, 0.3) is 0 Å². The number of urea groups is 1. The Morgan fingerprint density at radius 3 is 1.81 bits per heavy atom. The van der Waals surface area contributed by atoms with Gasteiger partial charge in [0.1, 0.15) is 18.7 Å². The van der Waals surface area contributed by atoms with Crippen LogP contribution < -0.4 is 38.4 Å². The van der Waals surface area contributed by atoms with Crippen LogP contribution >= 0.6 is 0 Å². The smallest absolute Gasteiger partial charge is 0.312 e. The lowest BCUT2D eigenvalue weighted by molar-refractivity contribution is -0.148. The topological polar surface area (TPSA) is 261 Å². The molecule has 19 heteroatoms. The summed E-state index contributed by atoms with van der Waals surface area (Å²) in [6.45, 7) is 17.3. The number of nitrogens with one attached hydrogen (secondary N) is 4. The number of hydrogen-bond acceptors (Lipinski definition) is 13. The molecule has 0 heterocycles. The van der Waals surface area contributed by atoms with Gasteiger partial charge in [-0.15, -0.1) is 0 Å². The maximum atomic E-state index is 13.4. The molecule has 2 unspecified atom stereocenters. The number of hydrogen-bond donors (Lipinski definition) is 7. The zero-order valence-corrected chi connectivity index (χ0v) is 35.4. The highest BCUT2D eigenvalue weighted by molar-refractivity contribution is 6.50. The number of carbonyl (C=O) groups is 5. The highest BCUT2D eigenvalue weighted by atomic mass is 16.6. The average molecular weight is 811 g/mol. The Morgan fingerprint density at radius 2 is 1.32 bits per heavy atom. The van der Waals surface area contributed by atoms with Gasteiger partial charge < -0.3 is 66.9 Å². The summed E-state index contributed by atoms with van der Waals surface area (Å²) in [5, 5.41) is 10.8. The van der Waals surface area contributed by atoms with Gasteiger partial charge in [0.15, 0.2) is 0 Å². The molecule has 0 saturated carbocycles. The summed E-state index contributed by atoms with van der Waals surface area (Å²) < 4.78 is 27.4. The quantitative estimate of drug-likeness (QED) is 0.0328. The van der Waals surface area contributed by atoms with Crippen LogP contribution in [-0.2, 0) is 49.5 Å². The molecule has 18 nitrogen and oxygen atoms in total. The maximum absolute atomic E-state index is 13.4. The van der Waals surface area contributed by atoms with Crippen LogP contribution in [0.2, 0.25) is 6.82 Å². The van der Waals surface area contributed by atoms with E-state index in [-0.39, 0.29) is 69.9 Å².